The SMILES string of the molecule is Cc1cc2cc(-c3nccs3)ccc2nc1N. The standard InChI is InChI=1S/C13H11N3S/c1-8-6-10-7-9(13-15-4-5-17-13)2-3-11(10)16-12(8)14/h2-7H,1H3,(H2,14,16). The molecule has 3 nitrogen and oxygen atoms in total. The van der Waals surface area contributed by atoms with Crippen molar-refractivity contribution >= 4 is 28.1 Å². The minimum absolute atomic E-state index is 0.597. The molecular formula is C13H11N3S. The van der Waals surface area contributed by atoms with Crippen molar-refractivity contribution in [1.82, 2.24) is 9.97 Å². The Morgan fingerprint density at radius 3 is 2.88 bits per heavy atom. The highest BCUT2D eigenvalue weighted by Crippen LogP contribution is 2.26. The van der Waals surface area contributed by atoms with Crippen LogP contribution in [-0.4, -0.2) is 9.97 Å². The van der Waals surface area contributed by atoms with E-state index in [1.165, 1.54) is 0 Å². The highest BCUT2D eigenvalue weighted by atomic mass is 32.1. The minimum Gasteiger partial charge on any atom is -0.383 e. The van der Waals surface area contributed by atoms with Crippen LogP contribution in [0.5, 0.6) is 0 Å². The number of nitrogens with zero attached hydrogens (tertiary/aromatic N) is 2. The van der Waals surface area contributed by atoms with Gasteiger partial charge in [-0.1, -0.05) is 0 Å². The van der Waals surface area contributed by atoms with E-state index in [0.29, 0.717) is 5.82 Å². The highest BCUT2D eigenvalue weighted by molar-refractivity contribution is 7.13. The lowest BCUT2D eigenvalue weighted by molar-refractivity contribution is 1.34. The van der Waals surface area contributed by atoms with E-state index in [4.69, 9.17) is 5.73 Å². The number of rotatable bonds is 1. The molecule has 0 spiro atoms. The predicted molar refractivity (Wildman–Crippen MR) is 72.0 cm³/mol. The predicted octanol–water partition coefficient (Wildman–Crippen LogP) is 3.25. The molecule has 0 aliphatic carbocycles. The van der Waals surface area contributed by atoms with Crippen molar-refractivity contribution in [3.63, 3.8) is 0 Å². The lowest BCUT2D eigenvalue weighted by Gasteiger charge is -2.04. The molecule has 1 aromatic carbocycles. The second kappa shape index (κ2) is 3.82. The van der Waals surface area contributed by atoms with Crippen LogP contribution in [0.15, 0.2) is 35.8 Å². The van der Waals surface area contributed by atoms with E-state index in [9.17, 15) is 0 Å². The number of anilines is 1. The molecule has 0 radical (unpaired) electrons. The Morgan fingerprint density at radius 2 is 2.12 bits per heavy atom. The molecule has 0 atom stereocenters. The number of aromatic nitrogens is 2. The second-order valence-corrected chi connectivity index (χ2v) is 4.83. The van der Waals surface area contributed by atoms with Crippen LogP contribution >= 0.6 is 11.3 Å². The number of aryl methyl sites for hydroxylation is 1. The Hall–Kier alpha value is -1.94. The smallest absolute Gasteiger partial charge is 0.127 e. The van der Waals surface area contributed by atoms with Gasteiger partial charge < -0.3 is 5.73 Å². The van der Waals surface area contributed by atoms with Gasteiger partial charge in [-0.25, -0.2) is 9.97 Å². The molecule has 17 heavy (non-hydrogen) atoms. The number of pyridine rings is 1. The number of benzene rings is 1. The monoisotopic (exact) mass is 241 g/mol. The minimum atomic E-state index is 0.597. The quantitative estimate of drug-likeness (QED) is 0.711. The van der Waals surface area contributed by atoms with E-state index < -0.39 is 0 Å². The third-order valence-electron chi connectivity index (χ3n) is 2.72. The van der Waals surface area contributed by atoms with Crippen molar-refractivity contribution in [3.05, 3.63) is 41.4 Å². The van der Waals surface area contributed by atoms with Crippen LogP contribution in [0.1, 0.15) is 5.56 Å². The van der Waals surface area contributed by atoms with E-state index in [1.807, 2.05) is 30.6 Å². The zero-order valence-electron chi connectivity index (χ0n) is 9.34. The fraction of sp³-hybridized carbons (Fsp3) is 0.0769. The number of thiazole rings is 1. The average molecular weight is 241 g/mol. The van der Waals surface area contributed by atoms with Gasteiger partial charge in [-0.05, 0) is 36.8 Å². The van der Waals surface area contributed by atoms with Gasteiger partial charge in [0, 0.05) is 22.5 Å². The first-order chi connectivity index (χ1) is 8.24. The average Bonchev–Trinajstić information content (AvgIpc) is 2.83. The molecular weight excluding hydrogens is 230 g/mol. The Labute approximate surface area is 103 Å². The maximum absolute atomic E-state index is 5.80. The van der Waals surface area contributed by atoms with Gasteiger partial charge in [-0.2, -0.15) is 0 Å². The summed E-state index contributed by atoms with van der Waals surface area (Å²) in [5, 5.41) is 4.11. The fourth-order valence-corrected chi connectivity index (χ4v) is 2.43. The summed E-state index contributed by atoms with van der Waals surface area (Å²) in [6.07, 6.45) is 1.82. The topological polar surface area (TPSA) is 51.8 Å². The lowest BCUT2D eigenvalue weighted by Crippen LogP contribution is -1.94. The first kappa shape index (κ1) is 10.2. The number of hydrogen-bond donors (Lipinski definition) is 1. The number of fused-ring (bicyclic) bond motifs is 1. The summed E-state index contributed by atoms with van der Waals surface area (Å²) in [5.41, 5.74) is 8.85. The van der Waals surface area contributed by atoms with Gasteiger partial charge in [0.25, 0.3) is 0 Å². The van der Waals surface area contributed by atoms with Crippen molar-refractivity contribution in [2.75, 3.05) is 5.73 Å². The van der Waals surface area contributed by atoms with Gasteiger partial charge in [0.1, 0.15) is 10.8 Å². The van der Waals surface area contributed by atoms with Crippen LogP contribution < -0.4 is 5.73 Å². The van der Waals surface area contributed by atoms with Crippen LogP contribution in [0, 0.1) is 6.92 Å². The molecule has 0 aliphatic rings. The van der Waals surface area contributed by atoms with E-state index in [1.54, 1.807) is 11.3 Å². The van der Waals surface area contributed by atoms with Crippen molar-refractivity contribution in [3.8, 4) is 10.6 Å². The molecule has 4 heteroatoms. The normalized spacial score (nSPS) is 10.9. The molecule has 0 unspecified atom stereocenters. The molecule has 0 saturated carbocycles. The summed E-state index contributed by atoms with van der Waals surface area (Å²) in [7, 11) is 0. The van der Waals surface area contributed by atoms with Gasteiger partial charge in [-0.15, -0.1) is 11.3 Å². The van der Waals surface area contributed by atoms with E-state index >= 15 is 0 Å². The number of nitrogens with two attached hydrogens (primary N) is 1. The summed E-state index contributed by atoms with van der Waals surface area (Å²) < 4.78 is 0. The molecule has 0 aliphatic heterocycles. The molecule has 0 saturated heterocycles. The summed E-state index contributed by atoms with van der Waals surface area (Å²) in [6.45, 7) is 1.97. The van der Waals surface area contributed by atoms with Crippen molar-refractivity contribution in [2.45, 2.75) is 6.92 Å². The van der Waals surface area contributed by atoms with Gasteiger partial charge in [0.15, 0.2) is 0 Å². The fourth-order valence-electron chi connectivity index (χ4n) is 1.80. The number of nitrogen functional groups attached to an aromatic ring is 1. The maximum Gasteiger partial charge on any atom is 0.127 e. The molecule has 0 amide bonds. The third kappa shape index (κ3) is 1.76. The molecule has 3 aromatic rings. The molecule has 2 aromatic heterocycles. The van der Waals surface area contributed by atoms with Crippen LogP contribution in [0.2, 0.25) is 0 Å². The second-order valence-electron chi connectivity index (χ2n) is 3.94. The van der Waals surface area contributed by atoms with Gasteiger partial charge in [-0.3, -0.25) is 0 Å². The molecule has 0 fully saturated rings. The third-order valence-corrected chi connectivity index (χ3v) is 3.55. The molecule has 0 bridgehead atoms. The Kier molecular flexibility index (Phi) is 2.30. The Morgan fingerprint density at radius 1 is 1.24 bits per heavy atom. The van der Waals surface area contributed by atoms with E-state index in [0.717, 1.165) is 27.0 Å². The first-order valence-corrected chi connectivity index (χ1v) is 6.19. The van der Waals surface area contributed by atoms with E-state index in [-0.39, 0.29) is 0 Å². The molecule has 84 valence electrons. The van der Waals surface area contributed by atoms with Crippen molar-refractivity contribution < 1.29 is 0 Å². The lowest BCUT2D eigenvalue weighted by atomic mass is 10.1. The maximum atomic E-state index is 5.80. The van der Waals surface area contributed by atoms with Crippen LogP contribution in [-0.2, 0) is 0 Å². The largest absolute Gasteiger partial charge is 0.383 e. The van der Waals surface area contributed by atoms with Crippen LogP contribution in [0.4, 0.5) is 5.82 Å². The highest BCUT2D eigenvalue weighted by Gasteiger charge is 2.04. The Bertz CT molecular complexity index is 674. The van der Waals surface area contributed by atoms with Gasteiger partial charge >= 0.3 is 0 Å². The molecule has 2 heterocycles. The first-order valence-electron chi connectivity index (χ1n) is 5.31. The van der Waals surface area contributed by atoms with Gasteiger partial charge in [0.2, 0.25) is 0 Å². The zero-order valence-corrected chi connectivity index (χ0v) is 10.2. The van der Waals surface area contributed by atoms with Crippen molar-refractivity contribution in [1.29, 1.82) is 0 Å². The number of hydrogen-bond acceptors (Lipinski definition) is 4. The zero-order chi connectivity index (χ0) is 11.8. The molecule has 3 rings (SSSR count). The van der Waals surface area contributed by atoms with Crippen LogP contribution in [0.25, 0.3) is 21.5 Å². The van der Waals surface area contributed by atoms with Crippen LogP contribution in [0.3, 0.4) is 0 Å². The Balaban J connectivity index is 2.22. The van der Waals surface area contributed by atoms with Gasteiger partial charge in [0.05, 0.1) is 5.52 Å². The van der Waals surface area contributed by atoms with Crippen molar-refractivity contribution in [2.24, 2.45) is 0 Å². The molecule has 2 N–H and O–H groups in total. The summed E-state index contributed by atoms with van der Waals surface area (Å²) >= 11 is 1.64. The van der Waals surface area contributed by atoms with E-state index in [2.05, 4.69) is 22.1 Å². The summed E-state index contributed by atoms with van der Waals surface area (Å²) in [4.78, 5) is 8.67. The summed E-state index contributed by atoms with van der Waals surface area (Å²) in [5.74, 6) is 0.597. The summed E-state index contributed by atoms with van der Waals surface area (Å²) in [6, 6.07) is 8.19.